The van der Waals surface area contributed by atoms with Crippen LogP contribution in [0.5, 0.6) is 0 Å². The number of carbonyl (C=O) groups excluding carboxylic acids is 1. The third kappa shape index (κ3) is 4.44. The van der Waals surface area contributed by atoms with Crippen LogP contribution in [0.1, 0.15) is 25.5 Å². The first-order chi connectivity index (χ1) is 7.22. The largest absolute Gasteiger partial charge is 0.465 e. The summed E-state index contributed by atoms with van der Waals surface area (Å²) in [6, 6.07) is 3.46. The van der Waals surface area contributed by atoms with E-state index < -0.39 is 0 Å². The molecule has 1 rings (SSSR count). The number of aromatic nitrogens is 1. The van der Waals surface area contributed by atoms with Crippen molar-refractivity contribution in [3.63, 3.8) is 0 Å². The van der Waals surface area contributed by atoms with Gasteiger partial charge in [0.1, 0.15) is 0 Å². The van der Waals surface area contributed by atoms with E-state index in [0.29, 0.717) is 18.0 Å². The van der Waals surface area contributed by atoms with Crippen molar-refractivity contribution >= 4 is 11.7 Å². The minimum atomic E-state index is -0.235. The van der Waals surface area contributed by atoms with E-state index in [1.54, 1.807) is 12.1 Å². The van der Waals surface area contributed by atoms with E-state index in [4.69, 9.17) is 10.5 Å². The van der Waals surface area contributed by atoms with E-state index >= 15 is 0 Å². The lowest BCUT2D eigenvalue weighted by molar-refractivity contribution is -0.143. The number of anilines is 1. The zero-order valence-electron chi connectivity index (χ0n) is 8.90. The summed E-state index contributed by atoms with van der Waals surface area (Å²) in [5, 5.41) is 0. The summed E-state index contributed by atoms with van der Waals surface area (Å²) >= 11 is 0. The van der Waals surface area contributed by atoms with Crippen LogP contribution in [0.25, 0.3) is 0 Å². The lowest BCUT2D eigenvalue weighted by Gasteiger charge is -2.03. The van der Waals surface area contributed by atoms with Gasteiger partial charge in [-0.1, -0.05) is 13.3 Å². The predicted molar refractivity (Wildman–Crippen MR) is 58.2 cm³/mol. The SMILES string of the molecule is CCCCOC(=O)Cc1ccc(N)cn1. The van der Waals surface area contributed by atoms with Crippen LogP contribution in [-0.4, -0.2) is 17.6 Å². The maximum absolute atomic E-state index is 11.3. The molecule has 0 aromatic carbocycles. The average molecular weight is 208 g/mol. The monoisotopic (exact) mass is 208 g/mol. The molecular weight excluding hydrogens is 192 g/mol. The third-order valence-corrected chi connectivity index (χ3v) is 1.93. The molecule has 0 saturated carbocycles. The standard InChI is InChI=1S/C11H16N2O2/c1-2-3-6-15-11(14)7-10-5-4-9(12)8-13-10/h4-5,8H,2-3,6-7,12H2,1H3. The zero-order valence-corrected chi connectivity index (χ0v) is 8.90. The summed E-state index contributed by atoms with van der Waals surface area (Å²) in [5.74, 6) is -0.235. The van der Waals surface area contributed by atoms with Gasteiger partial charge in [-0.15, -0.1) is 0 Å². The van der Waals surface area contributed by atoms with Crippen LogP contribution in [0.15, 0.2) is 18.3 Å². The third-order valence-electron chi connectivity index (χ3n) is 1.93. The smallest absolute Gasteiger partial charge is 0.311 e. The molecule has 1 aromatic rings. The molecule has 0 unspecified atom stereocenters. The van der Waals surface area contributed by atoms with E-state index in [1.165, 1.54) is 6.20 Å². The van der Waals surface area contributed by atoms with E-state index in [9.17, 15) is 4.79 Å². The summed E-state index contributed by atoms with van der Waals surface area (Å²) < 4.78 is 5.01. The highest BCUT2D eigenvalue weighted by molar-refractivity contribution is 5.72. The first-order valence-electron chi connectivity index (χ1n) is 5.08. The maximum atomic E-state index is 11.3. The van der Waals surface area contributed by atoms with E-state index in [0.717, 1.165) is 12.8 Å². The molecule has 0 aliphatic heterocycles. The normalized spacial score (nSPS) is 9.93. The van der Waals surface area contributed by atoms with Crippen LogP contribution in [-0.2, 0) is 16.0 Å². The van der Waals surface area contributed by atoms with Crippen molar-refractivity contribution in [2.45, 2.75) is 26.2 Å². The lowest BCUT2D eigenvalue weighted by Crippen LogP contribution is -2.10. The molecule has 0 amide bonds. The van der Waals surface area contributed by atoms with Crippen molar-refractivity contribution in [3.8, 4) is 0 Å². The van der Waals surface area contributed by atoms with Crippen LogP contribution < -0.4 is 5.73 Å². The first kappa shape index (κ1) is 11.5. The van der Waals surface area contributed by atoms with Crippen LogP contribution in [0.3, 0.4) is 0 Å². The maximum Gasteiger partial charge on any atom is 0.311 e. The number of hydrogen-bond donors (Lipinski definition) is 1. The molecule has 0 fully saturated rings. The number of nitrogens with two attached hydrogens (primary N) is 1. The Morgan fingerprint density at radius 1 is 1.53 bits per heavy atom. The number of unbranched alkanes of at least 4 members (excludes halogenated alkanes) is 1. The summed E-state index contributed by atoms with van der Waals surface area (Å²) in [4.78, 5) is 15.3. The Labute approximate surface area is 89.5 Å². The molecule has 0 radical (unpaired) electrons. The van der Waals surface area contributed by atoms with Crippen molar-refractivity contribution in [1.29, 1.82) is 0 Å². The van der Waals surface area contributed by atoms with Crippen molar-refractivity contribution in [2.75, 3.05) is 12.3 Å². The van der Waals surface area contributed by atoms with Crippen molar-refractivity contribution < 1.29 is 9.53 Å². The van der Waals surface area contributed by atoms with Crippen LogP contribution in [0.4, 0.5) is 5.69 Å². The van der Waals surface area contributed by atoms with Gasteiger partial charge in [0.15, 0.2) is 0 Å². The van der Waals surface area contributed by atoms with Gasteiger partial charge < -0.3 is 10.5 Å². The Kier molecular flexibility index (Phi) is 4.60. The van der Waals surface area contributed by atoms with Gasteiger partial charge in [-0.25, -0.2) is 0 Å². The van der Waals surface area contributed by atoms with Gasteiger partial charge in [0.05, 0.1) is 30.6 Å². The van der Waals surface area contributed by atoms with Gasteiger partial charge in [0.25, 0.3) is 0 Å². The van der Waals surface area contributed by atoms with Gasteiger partial charge in [-0.2, -0.15) is 0 Å². The molecule has 0 atom stereocenters. The van der Waals surface area contributed by atoms with Crippen LogP contribution >= 0.6 is 0 Å². The van der Waals surface area contributed by atoms with Crippen molar-refractivity contribution in [3.05, 3.63) is 24.0 Å². The van der Waals surface area contributed by atoms with Gasteiger partial charge in [0.2, 0.25) is 0 Å². The van der Waals surface area contributed by atoms with Gasteiger partial charge in [0, 0.05) is 0 Å². The average Bonchev–Trinajstić information content (AvgIpc) is 2.22. The number of carbonyl (C=O) groups is 1. The number of nitrogen functional groups attached to an aromatic ring is 1. The summed E-state index contributed by atoms with van der Waals surface area (Å²) in [5.41, 5.74) is 6.76. The molecule has 0 aliphatic rings. The highest BCUT2D eigenvalue weighted by Gasteiger charge is 2.04. The molecule has 4 nitrogen and oxygen atoms in total. The molecule has 0 saturated heterocycles. The number of nitrogens with zero attached hydrogens (tertiary/aromatic N) is 1. The van der Waals surface area contributed by atoms with E-state index in [2.05, 4.69) is 11.9 Å². The molecule has 4 heteroatoms. The number of hydrogen-bond acceptors (Lipinski definition) is 4. The molecule has 15 heavy (non-hydrogen) atoms. The highest BCUT2D eigenvalue weighted by Crippen LogP contribution is 2.02. The molecule has 2 N–H and O–H groups in total. The fourth-order valence-corrected chi connectivity index (χ4v) is 1.07. The second kappa shape index (κ2) is 6.01. The Bertz CT molecular complexity index is 309. The van der Waals surface area contributed by atoms with Crippen LogP contribution in [0, 0.1) is 0 Å². The second-order valence-electron chi connectivity index (χ2n) is 3.33. The fourth-order valence-electron chi connectivity index (χ4n) is 1.07. The Balaban J connectivity index is 2.34. The van der Waals surface area contributed by atoms with Crippen molar-refractivity contribution in [2.24, 2.45) is 0 Å². The Morgan fingerprint density at radius 3 is 2.93 bits per heavy atom. The van der Waals surface area contributed by atoms with Gasteiger partial charge in [-0.3, -0.25) is 9.78 Å². The molecule has 1 heterocycles. The molecule has 1 aromatic heterocycles. The quantitative estimate of drug-likeness (QED) is 0.589. The summed E-state index contributed by atoms with van der Waals surface area (Å²) in [6.07, 6.45) is 3.67. The van der Waals surface area contributed by atoms with Gasteiger partial charge in [-0.05, 0) is 18.6 Å². The van der Waals surface area contributed by atoms with Gasteiger partial charge >= 0.3 is 5.97 Å². The highest BCUT2D eigenvalue weighted by atomic mass is 16.5. The minimum Gasteiger partial charge on any atom is -0.465 e. The number of pyridine rings is 1. The second-order valence-corrected chi connectivity index (χ2v) is 3.33. The predicted octanol–water partition coefficient (Wildman–Crippen LogP) is 1.55. The first-order valence-corrected chi connectivity index (χ1v) is 5.08. The molecule has 0 bridgehead atoms. The van der Waals surface area contributed by atoms with E-state index in [-0.39, 0.29) is 12.4 Å². The van der Waals surface area contributed by atoms with Crippen molar-refractivity contribution in [1.82, 2.24) is 4.98 Å². The number of rotatable bonds is 5. The number of esters is 1. The Morgan fingerprint density at radius 2 is 2.33 bits per heavy atom. The van der Waals surface area contributed by atoms with E-state index in [1.807, 2.05) is 0 Å². The molecule has 0 aliphatic carbocycles. The summed E-state index contributed by atoms with van der Waals surface area (Å²) in [6.45, 7) is 2.54. The topological polar surface area (TPSA) is 65.2 Å². The summed E-state index contributed by atoms with van der Waals surface area (Å²) in [7, 11) is 0. The molecule has 0 spiro atoms. The molecular formula is C11H16N2O2. The Hall–Kier alpha value is -1.58. The minimum absolute atomic E-state index is 0.212. The lowest BCUT2D eigenvalue weighted by atomic mass is 10.2. The van der Waals surface area contributed by atoms with Crippen LogP contribution in [0.2, 0.25) is 0 Å². The molecule has 82 valence electrons. The fraction of sp³-hybridized carbons (Fsp3) is 0.455. The number of ether oxygens (including phenoxy) is 1. The zero-order chi connectivity index (χ0) is 11.1.